The number of hydrazone groups is 1. The largest absolute Gasteiger partial charge is 0.423 e. The predicted molar refractivity (Wildman–Crippen MR) is 140 cm³/mol. The molecule has 0 unspecified atom stereocenters. The normalized spacial score (nSPS) is 10.7. The maximum atomic E-state index is 12.3. The molecule has 0 spiro atoms. The summed E-state index contributed by atoms with van der Waals surface area (Å²) in [6, 6.07) is 23.0. The van der Waals surface area contributed by atoms with Crippen LogP contribution in [-0.2, 0) is 9.59 Å². The summed E-state index contributed by atoms with van der Waals surface area (Å²) in [7, 11) is 0. The Morgan fingerprint density at radius 1 is 0.886 bits per heavy atom. The molecule has 4 rings (SSSR count). The third-order valence-corrected chi connectivity index (χ3v) is 6.27. The number of carbonyl (C=O) groups is 3. The molecule has 0 saturated heterocycles. The Hall–Kier alpha value is -3.97. The van der Waals surface area contributed by atoms with Gasteiger partial charge in [0.25, 0.3) is 0 Å². The first-order valence-corrected chi connectivity index (χ1v) is 12.0. The summed E-state index contributed by atoms with van der Waals surface area (Å²) >= 11 is 3.22. The fourth-order valence-electron chi connectivity index (χ4n) is 2.75. The van der Waals surface area contributed by atoms with E-state index in [4.69, 9.17) is 4.74 Å². The van der Waals surface area contributed by atoms with Crippen LogP contribution in [0.4, 0.5) is 5.13 Å². The Morgan fingerprint density at radius 2 is 1.60 bits per heavy atom. The summed E-state index contributed by atoms with van der Waals surface area (Å²) in [6.07, 6.45) is 1.36. The van der Waals surface area contributed by atoms with Gasteiger partial charge in [-0.05, 0) is 64.6 Å². The van der Waals surface area contributed by atoms with E-state index in [1.165, 1.54) is 6.21 Å². The summed E-state index contributed by atoms with van der Waals surface area (Å²) in [5.74, 6) is -1.97. The number of anilines is 1. The fourth-order valence-corrected chi connectivity index (χ4v) is 4.10. The molecule has 1 aromatic heterocycles. The Kier molecular flexibility index (Phi) is 7.90. The number of nitrogens with zero attached hydrogens (tertiary/aromatic N) is 3. The monoisotopic (exact) mass is 597 g/mol. The summed E-state index contributed by atoms with van der Waals surface area (Å²) in [4.78, 5) is 36.4. The molecule has 174 valence electrons. The van der Waals surface area contributed by atoms with Crippen molar-refractivity contribution in [2.45, 2.75) is 0 Å². The average Bonchev–Trinajstić information content (AvgIpc) is 3.34. The van der Waals surface area contributed by atoms with E-state index in [0.717, 1.165) is 20.5 Å². The maximum Gasteiger partial charge on any atom is 0.344 e. The SMILES string of the molecule is O=C(NN=Cc1ccc(OC(=O)c2ccccc2I)cc1)C(=O)Nc1nnc(-c2ccccc2)s1. The lowest BCUT2D eigenvalue weighted by Gasteiger charge is -2.06. The van der Waals surface area contributed by atoms with E-state index in [1.54, 1.807) is 36.4 Å². The van der Waals surface area contributed by atoms with Crippen molar-refractivity contribution in [1.82, 2.24) is 15.6 Å². The van der Waals surface area contributed by atoms with Crippen LogP contribution < -0.4 is 15.5 Å². The second-order valence-electron chi connectivity index (χ2n) is 6.87. The van der Waals surface area contributed by atoms with Gasteiger partial charge in [-0.25, -0.2) is 10.2 Å². The minimum atomic E-state index is -0.958. The Labute approximate surface area is 217 Å². The number of amides is 2. The molecule has 0 atom stereocenters. The van der Waals surface area contributed by atoms with Crippen molar-refractivity contribution in [3.63, 3.8) is 0 Å². The molecule has 2 N–H and O–H groups in total. The van der Waals surface area contributed by atoms with Crippen molar-refractivity contribution in [3.8, 4) is 16.3 Å². The second kappa shape index (κ2) is 11.4. The van der Waals surface area contributed by atoms with Gasteiger partial charge in [-0.3, -0.25) is 14.9 Å². The van der Waals surface area contributed by atoms with Crippen molar-refractivity contribution < 1.29 is 19.1 Å². The molecule has 3 aromatic carbocycles. The van der Waals surface area contributed by atoms with E-state index in [1.807, 2.05) is 42.5 Å². The van der Waals surface area contributed by atoms with Crippen molar-refractivity contribution in [1.29, 1.82) is 0 Å². The molecule has 9 nitrogen and oxygen atoms in total. The van der Waals surface area contributed by atoms with Gasteiger partial charge in [-0.15, -0.1) is 10.2 Å². The highest BCUT2D eigenvalue weighted by molar-refractivity contribution is 14.1. The molecule has 11 heteroatoms. The summed E-state index contributed by atoms with van der Waals surface area (Å²) in [6.45, 7) is 0. The molecule has 0 fully saturated rings. The molecule has 1 heterocycles. The number of hydrogen-bond donors (Lipinski definition) is 2. The van der Waals surface area contributed by atoms with Crippen LogP contribution in [0.5, 0.6) is 5.75 Å². The smallest absolute Gasteiger partial charge is 0.344 e. The van der Waals surface area contributed by atoms with Crippen LogP contribution in [-0.4, -0.2) is 34.2 Å². The Balaban J connectivity index is 1.27. The van der Waals surface area contributed by atoms with Crippen molar-refractivity contribution in [2.75, 3.05) is 5.32 Å². The van der Waals surface area contributed by atoms with Crippen molar-refractivity contribution >= 4 is 63.1 Å². The van der Waals surface area contributed by atoms with Gasteiger partial charge < -0.3 is 4.74 Å². The number of ether oxygens (including phenoxy) is 1. The van der Waals surface area contributed by atoms with Crippen LogP contribution in [0.2, 0.25) is 0 Å². The van der Waals surface area contributed by atoms with Gasteiger partial charge in [0.15, 0.2) is 0 Å². The van der Waals surface area contributed by atoms with E-state index in [0.29, 0.717) is 21.9 Å². The van der Waals surface area contributed by atoms with Crippen LogP contribution in [0.3, 0.4) is 0 Å². The first-order valence-electron chi connectivity index (χ1n) is 10.1. The third kappa shape index (κ3) is 6.55. The maximum absolute atomic E-state index is 12.3. The highest BCUT2D eigenvalue weighted by Crippen LogP contribution is 2.25. The van der Waals surface area contributed by atoms with Gasteiger partial charge in [0, 0.05) is 9.13 Å². The minimum absolute atomic E-state index is 0.198. The van der Waals surface area contributed by atoms with E-state index in [9.17, 15) is 14.4 Å². The van der Waals surface area contributed by atoms with Crippen LogP contribution in [0, 0.1) is 3.57 Å². The van der Waals surface area contributed by atoms with Crippen LogP contribution in [0.25, 0.3) is 10.6 Å². The molecular formula is C24H16IN5O4S. The van der Waals surface area contributed by atoms with Crippen LogP contribution >= 0.6 is 33.9 Å². The third-order valence-electron chi connectivity index (χ3n) is 4.44. The van der Waals surface area contributed by atoms with Gasteiger partial charge in [0.1, 0.15) is 10.8 Å². The molecule has 0 aliphatic rings. The minimum Gasteiger partial charge on any atom is -0.423 e. The quantitative estimate of drug-likeness (QED) is 0.0862. The molecule has 0 aliphatic heterocycles. The van der Waals surface area contributed by atoms with E-state index in [-0.39, 0.29) is 5.13 Å². The van der Waals surface area contributed by atoms with Crippen LogP contribution in [0.15, 0.2) is 84.0 Å². The Bertz CT molecular complexity index is 1390. The summed E-state index contributed by atoms with van der Waals surface area (Å²) < 4.78 is 6.17. The number of halogens is 1. The first kappa shape index (κ1) is 24.2. The van der Waals surface area contributed by atoms with E-state index >= 15 is 0 Å². The molecule has 0 bridgehead atoms. The average molecular weight is 597 g/mol. The lowest BCUT2D eigenvalue weighted by Crippen LogP contribution is -2.32. The van der Waals surface area contributed by atoms with Gasteiger partial charge in [-0.1, -0.05) is 53.8 Å². The molecular weight excluding hydrogens is 581 g/mol. The Morgan fingerprint density at radius 3 is 2.34 bits per heavy atom. The zero-order valence-electron chi connectivity index (χ0n) is 17.8. The number of esters is 1. The summed E-state index contributed by atoms with van der Waals surface area (Å²) in [5.41, 5.74) is 4.11. The van der Waals surface area contributed by atoms with Crippen molar-refractivity contribution in [2.24, 2.45) is 5.10 Å². The number of rotatable bonds is 6. The first-order chi connectivity index (χ1) is 17.0. The van der Waals surface area contributed by atoms with Gasteiger partial charge in [-0.2, -0.15) is 5.10 Å². The van der Waals surface area contributed by atoms with E-state index in [2.05, 4.69) is 48.6 Å². The molecule has 35 heavy (non-hydrogen) atoms. The standard InChI is InChI=1S/C24H16IN5O4S/c25-19-9-5-4-8-18(19)23(33)34-17-12-10-15(11-13-17)14-26-28-21(32)20(31)27-24-30-29-22(35-24)16-6-2-1-3-7-16/h1-14H,(H,28,32)(H,27,30,31). The summed E-state index contributed by atoms with van der Waals surface area (Å²) in [5, 5.41) is 14.9. The van der Waals surface area contributed by atoms with Crippen molar-refractivity contribution in [3.05, 3.63) is 93.6 Å². The molecule has 0 radical (unpaired) electrons. The number of aromatic nitrogens is 2. The number of carbonyl (C=O) groups excluding carboxylic acids is 3. The highest BCUT2D eigenvalue weighted by atomic mass is 127. The van der Waals surface area contributed by atoms with Gasteiger partial charge in [0.05, 0.1) is 11.8 Å². The number of nitrogens with one attached hydrogen (secondary N) is 2. The lowest BCUT2D eigenvalue weighted by atomic mass is 10.2. The zero-order chi connectivity index (χ0) is 24.6. The molecule has 2 amide bonds. The molecule has 4 aromatic rings. The number of hydrogen-bond acceptors (Lipinski definition) is 8. The van der Waals surface area contributed by atoms with Gasteiger partial charge >= 0.3 is 17.8 Å². The topological polar surface area (TPSA) is 123 Å². The molecule has 0 saturated carbocycles. The lowest BCUT2D eigenvalue weighted by molar-refractivity contribution is -0.136. The van der Waals surface area contributed by atoms with Crippen LogP contribution in [0.1, 0.15) is 15.9 Å². The van der Waals surface area contributed by atoms with E-state index < -0.39 is 17.8 Å². The molecule has 0 aliphatic carbocycles. The fraction of sp³-hybridized carbons (Fsp3) is 0. The zero-order valence-corrected chi connectivity index (χ0v) is 20.8. The predicted octanol–water partition coefficient (Wildman–Crippen LogP) is 4.12. The van der Waals surface area contributed by atoms with Gasteiger partial charge in [0.2, 0.25) is 5.13 Å². The second-order valence-corrected chi connectivity index (χ2v) is 9.01. The number of benzene rings is 3. The highest BCUT2D eigenvalue weighted by Gasteiger charge is 2.16.